The van der Waals surface area contributed by atoms with Gasteiger partial charge in [-0.25, -0.2) is 9.78 Å². The van der Waals surface area contributed by atoms with Crippen LogP contribution in [0.15, 0.2) is 0 Å². The number of aryl methyl sites for hydroxylation is 1. The van der Waals surface area contributed by atoms with Crippen LogP contribution in [0.4, 0.5) is 5.13 Å². The van der Waals surface area contributed by atoms with E-state index in [4.69, 9.17) is 5.11 Å². The van der Waals surface area contributed by atoms with Gasteiger partial charge >= 0.3 is 5.97 Å². The molecule has 1 fully saturated rings. The van der Waals surface area contributed by atoms with Crippen LogP contribution in [0.25, 0.3) is 0 Å². The van der Waals surface area contributed by atoms with Gasteiger partial charge in [-0.15, -0.1) is 11.3 Å². The lowest BCUT2D eigenvalue weighted by Crippen LogP contribution is -2.26. The third-order valence-corrected chi connectivity index (χ3v) is 5.50. The number of H-pyrrole nitrogens is 1. The van der Waals surface area contributed by atoms with Crippen molar-refractivity contribution in [3.8, 4) is 0 Å². The summed E-state index contributed by atoms with van der Waals surface area (Å²) in [7, 11) is 0. The number of carboxylic acid groups (broad SMARTS) is 1. The lowest BCUT2D eigenvalue weighted by atomic mass is 10.1. The monoisotopic (exact) mass is 318 g/mol. The Morgan fingerprint density at radius 1 is 1.36 bits per heavy atom. The van der Waals surface area contributed by atoms with Gasteiger partial charge in [0.1, 0.15) is 0 Å². The summed E-state index contributed by atoms with van der Waals surface area (Å²) in [6, 6.07) is 0. The number of anilines is 1. The van der Waals surface area contributed by atoms with Crippen LogP contribution in [0.3, 0.4) is 0 Å². The summed E-state index contributed by atoms with van der Waals surface area (Å²) in [4.78, 5) is 18.4. The number of aromatic amines is 1. The lowest BCUT2D eigenvalue weighted by molar-refractivity contribution is 0.0690. The highest BCUT2D eigenvalue weighted by Gasteiger charge is 2.31. The van der Waals surface area contributed by atoms with Crippen molar-refractivity contribution >= 4 is 22.4 Å². The first kappa shape index (κ1) is 13.8. The Balaban J connectivity index is 1.56. The van der Waals surface area contributed by atoms with E-state index in [1.807, 2.05) is 6.92 Å². The van der Waals surface area contributed by atoms with Crippen molar-refractivity contribution in [1.29, 1.82) is 0 Å². The van der Waals surface area contributed by atoms with Crippen molar-refractivity contribution in [2.24, 2.45) is 0 Å². The summed E-state index contributed by atoms with van der Waals surface area (Å²) in [5.74, 6) is -0.285. The van der Waals surface area contributed by atoms with Gasteiger partial charge in [0.05, 0.1) is 5.69 Å². The van der Waals surface area contributed by atoms with Crippen LogP contribution >= 0.6 is 11.3 Å². The fraction of sp³-hybridized carbons (Fsp3) is 0.533. The molecule has 0 spiro atoms. The number of aromatic carboxylic acids is 1. The molecule has 4 rings (SSSR count). The topological polar surface area (TPSA) is 82.1 Å². The zero-order chi connectivity index (χ0) is 15.3. The Morgan fingerprint density at radius 3 is 2.82 bits per heavy atom. The van der Waals surface area contributed by atoms with Crippen molar-refractivity contribution < 1.29 is 9.90 Å². The number of hydrogen-bond acceptors (Lipinski definition) is 5. The SMILES string of the molecule is Cc1sc(N2CCc3[nH]nc(C4CC4)c3CC2)nc1C(=O)O. The summed E-state index contributed by atoms with van der Waals surface area (Å²) in [5.41, 5.74) is 4.08. The second kappa shape index (κ2) is 5.08. The quantitative estimate of drug-likeness (QED) is 0.908. The second-order valence-corrected chi connectivity index (χ2v) is 7.22. The third-order valence-electron chi connectivity index (χ3n) is 4.47. The Hall–Kier alpha value is -1.89. The maximum atomic E-state index is 11.2. The molecule has 0 saturated heterocycles. The molecule has 2 aromatic heterocycles. The Labute approximate surface area is 132 Å². The molecule has 116 valence electrons. The molecule has 0 bridgehead atoms. The minimum absolute atomic E-state index is 0.183. The molecule has 1 aliphatic carbocycles. The molecule has 2 aromatic rings. The lowest BCUT2D eigenvalue weighted by Gasteiger charge is -2.18. The summed E-state index contributed by atoms with van der Waals surface area (Å²) in [5, 5.41) is 17.7. The third kappa shape index (κ3) is 2.29. The average Bonchev–Trinajstić information content (AvgIpc) is 3.20. The summed E-state index contributed by atoms with van der Waals surface area (Å²) in [6.07, 6.45) is 4.39. The molecule has 0 radical (unpaired) electrons. The molecule has 1 aliphatic heterocycles. The number of carboxylic acids is 1. The number of aromatic nitrogens is 3. The first-order valence-corrected chi connectivity index (χ1v) is 8.47. The van der Waals surface area contributed by atoms with Crippen LogP contribution < -0.4 is 4.90 Å². The van der Waals surface area contributed by atoms with E-state index < -0.39 is 5.97 Å². The van der Waals surface area contributed by atoms with E-state index in [2.05, 4.69) is 20.1 Å². The van der Waals surface area contributed by atoms with Crippen molar-refractivity contribution in [1.82, 2.24) is 15.2 Å². The fourth-order valence-electron chi connectivity index (χ4n) is 3.11. The van der Waals surface area contributed by atoms with E-state index in [1.54, 1.807) is 0 Å². The number of thiazole rings is 1. The zero-order valence-corrected chi connectivity index (χ0v) is 13.2. The Kier molecular flexibility index (Phi) is 3.18. The number of hydrogen-bond donors (Lipinski definition) is 2. The van der Waals surface area contributed by atoms with Gasteiger partial charge in [-0.05, 0) is 31.7 Å². The molecule has 0 unspecified atom stereocenters. The molecule has 2 N–H and O–H groups in total. The fourth-order valence-corrected chi connectivity index (χ4v) is 4.06. The van der Waals surface area contributed by atoms with E-state index in [9.17, 15) is 4.79 Å². The molecule has 22 heavy (non-hydrogen) atoms. The van der Waals surface area contributed by atoms with Gasteiger partial charge in [0, 0.05) is 36.0 Å². The van der Waals surface area contributed by atoms with Gasteiger partial charge in [0.2, 0.25) is 0 Å². The number of rotatable bonds is 3. The van der Waals surface area contributed by atoms with Crippen LogP contribution in [0, 0.1) is 6.92 Å². The molecule has 3 heterocycles. The van der Waals surface area contributed by atoms with Crippen LogP contribution in [0.1, 0.15) is 51.1 Å². The van der Waals surface area contributed by atoms with Gasteiger partial charge in [-0.1, -0.05) is 0 Å². The summed E-state index contributed by atoms with van der Waals surface area (Å²) < 4.78 is 0. The van der Waals surface area contributed by atoms with Crippen LogP contribution in [-0.4, -0.2) is 39.3 Å². The average molecular weight is 318 g/mol. The number of fused-ring (bicyclic) bond motifs is 1. The normalized spacial score (nSPS) is 18.1. The van der Waals surface area contributed by atoms with Crippen LogP contribution in [0.5, 0.6) is 0 Å². The minimum Gasteiger partial charge on any atom is -0.476 e. The summed E-state index contributed by atoms with van der Waals surface area (Å²) in [6.45, 7) is 3.55. The Bertz CT molecular complexity index is 732. The first-order chi connectivity index (χ1) is 10.6. The van der Waals surface area contributed by atoms with Crippen LogP contribution in [-0.2, 0) is 12.8 Å². The van der Waals surface area contributed by atoms with E-state index in [1.165, 1.54) is 41.1 Å². The predicted molar refractivity (Wildman–Crippen MR) is 84.0 cm³/mol. The van der Waals surface area contributed by atoms with Gasteiger partial charge in [-0.2, -0.15) is 5.10 Å². The second-order valence-electron chi connectivity index (χ2n) is 6.03. The van der Waals surface area contributed by atoms with Gasteiger partial charge < -0.3 is 10.0 Å². The van der Waals surface area contributed by atoms with E-state index in [-0.39, 0.29) is 5.69 Å². The number of carbonyl (C=O) groups is 1. The first-order valence-electron chi connectivity index (χ1n) is 7.65. The highest BCUT2D eigenvalue weighted by molar-refractivity contribution is 7.15. The summed E-state index contributed by atoms with van der Waals surface area (Å²) >= 11 is 1.47. The maximum Gasteiger partial charge on any atom is 0.355 e. The molecule has 7 heteroatoms. The van der Waals surface area contributed by atoms with E-state index in [0.717, 1.165) is 35.9 Å². The van der Waals surface area contributed by atoms with Crippen LogP contribution in [0.2, 0.25) is 0 Å². The van der Waals surface area contributed by atoms with Gasteiger partial charge in [0.15, 0.2) is 10.8 Å². The van der Waals surface area contributed by atoms with Crippen molar-refractivity contribution in [3.05, 3.63) is 27.5 Å². The molecular weight excluding hydrogens is 300 g/mol. The molecular formula is C15H18N4O2S. The highest BCUT2D eigenvalue weighted by atomic mass is 32.1. The van der Waals surface area contributed by atoms with Crippen molar-refractivity contribution in [2.75, 3.05) is 18.0 Å². The largest absolute Gasteiger partial charge is 0.476 e. The predicted octanol–water partition coefficient (Wildman–Crippen LogP) is 2.36. The molecule has 2 aliphatic rings. The molecule has 0 amide bonds. The number of nitrogens with zero attached hydrogens (tertiary/aromatic N) is 3. The minimum atomic E-state index is -0.944. The van der Waals surface area contributed by atoms with Gasteiger partial charge in [0.25, 0.3) is 0 Å². The molecule has 0 aromatic carbocycles. The highest BCUT2D eigenvalue weighted by Crippen LogP contribution is 2.42. The molecule has 0 atom stereocenters. The molecule has 6 nitrogen and oxygen atoms in total. The smallest absolute Gasteiger partial charge is 0.355 e. The Morgan fingerprint density at radius 2 is 2.14 bits per heavy atom. The maximum absolute atomic E-state index is 11.2. The van der Waals surface area contributed by atoms with E-state index in [0.29, 0.717) is 5.92 Å². The number of nitrogens with one attached hydrogen (secondary N) is 1. The van der Waals surface area contributed by atoms with E-state index >= 15 is 0 Å². The standard InChI is InChI=1S/C15H18N4O2S/c1-8-12(14(20)21)16-15(22-8)19-6-4-10-11(5-7-19)17-18-13(10)9-2-3-9/h9H,2-7H2,1H3,(H,17,18)(H,20,21). The van der Waals surface area contributed by atoms with Gasteiger partial charge in [-0.3, -0.25) is 5.10 Å². The zero-order valence-electron chi connectivity index (χ0n) is 12.4. The van der Waals surface area contributed by atoms with Crippen molar-refractivity contribution in [3.63, 3.8) is 0 Å². The molecule has 1 saturated carbocycles. The van der Waals surface area contributed by atoms with Crippen molar-refractivity contribution in [2.45, 2.75) is 38.5 Å².